The van der Waals surface area contributed by atoms with E-state index in [0.717, 1.165) is 24.2 Å². The molecule has 9 heteroatoms. The van der Waals surface area contributed by atoms with Gasteiger partial charge in [0.05, 0.1) is 13.2 Å². The van der Waals surface area contributed by atoms with Crippen LogP contribution in [0.4, 0.5) is 10.1 Å². The molecule has 2 N–H and O–H groups in total. The van der Waals surface area contributed by atoms with Crippen molar-refractivity contribution in [2.45, 2.75) is 36.2 Å². The van der Waals surface area contributed by atoms with Crippen molar-refractivity contribution in [3.05, 3.63) is 65.7 Å². The van der Waals surface area contributed by atoms with Gasteiger partial charge in [0.25, 0.3) is 0 Å². The van der Waals surface area contributed by atoms with Gasteiger partial charge in [0.15, 0.2) is 5.82 Å². The second-order valence-electron chi connectivity index (χ2n) is 6.90. The molecule has 0 aliphatic carbocycles. The second-order valence-corrected chi connectivity index (χ2v) is 8.01. The molecule has 0 spiro atoms. The summed E-state index contributed by atoms with van der Waals surface area (Å²) in [5.41, 5.74) is 4.81. The monoisotopic (exact) mass is 427 g/mol. The molecule has 1 aliphatic heterocycles. The number of ether oxygens (including phenoxy) is 1. The Morgan fingerprint density at radius 3 is 2.80 bits per heavy atom. The molecule has 1 amide bonds. The highest BCUT2D eigenvalue weighted by atomic mass is 32.2. The maximum absolute atomic E-state index is 13.5. The summed E-state index contributed by atoms with van der Waals surface area (Å²) in [6.07, 6.45) is 1.68. The largest absolute Gasteiger partial charge is 0.497 e. The average Bonchev–Trinajstić information content (AvgIpc) is 3.15. The average molecular weight is 428 g/mol. The Kier molecular flexibility index (Phi) is 5.89. The summed E-state index contributed by atoms with van der Waals surface area (Å²) in [6, 6.07) is 13.0. The van der Waals surface area contributed by atoms with Crippen LogP contribution in [0.25, 0.3) is 0 Å². The number of benzene rings is 2. The topological polar surface area (TPSA) is 81.1 Å². The van der Waals surface area contributed by atoms with Crippen LogP contribution in [-0.2, 0) is 11.2 Å². The molecule has 3 aromatic rings. The number of methoxy groups -OCH3 is 1. The van der Waals surface area contributed by atoms with Crippen molar-refractivity contribution < 1.29 is 13.9 Å². The number of carbonyl (C=O) groups is 1. The lowest BCUT2D eigenvalue weighted by atomic mass is 10.0. The highest BCUT2D eigenvalue weighted by Crippen LogP contribution is 2.37. The number of anilines is 1. The van der Waals surface area contributed by atoms with Crippen molar-refractivity contribution in [2.75, 3.05) is 17.9 Å². The highest BCUT2D eigenvalue weighted by molar-refractivity contribution is 8.00. The standard InChI is InChI=1S/C21H22FN5O2S/c1-3-5-17-24-25-21-27(17)26-18(13-8-10-14(22)11-9-13)19(30-21)20(28)23-15-6-4-7-16(12-15)29-2/h4,6-12,18-19,26H,3,5H2,1-2H3,(H,23,28)/t18-,19+/m0/s1. The predicted molar refractivity (Wildman–Crippen MR) is 114 cm³/mol. The minimum atomic E-state index is -0.534. The molecule has 7 nitrogen and oxygen atoms in total. The molecule has 0 radical (unpaired) electrons. The summed E-state index contributed by atoms with van der Waals surface area (Å²) >= 11 is 1.34. The zero-order valence-electron chi connectivity index (χ0n) is 16.6. The lowest BCUT2D eigenvalue weighted by molar-refractivity contribution is -0.116. The first-order valence-electron chi connectivity index (χ1n) is 9.67. The van der Waals surface area contributed by atoms with Gasteiger partial charge in [-0.05, 0) is 36.2 Å². The third-order valence-electron chi connectivity index (χ3n) is 4.80. The van der Waals surface area contributed by atoms with E-state index in [9.17, 15) is 9.18 Å². The van der Waals surface area contributed by atoms with Gasteiger partial charge in [-0.1, -0.05) is 36.9 Å². The number of aromatic nitrogens is 3. The Morgan fingerprint density at radius 2 is 2.07 bits per heavy atom. The van der Waals surface area contributed by atoms with Gasteiger partial charge in [-0.15, -0.1) is 10.2 Å². The number of carbonyl (C=O) groups excluding carboxylic acids is 1. The maximum atomic E-state index is 13.5. The summed E-state index contributed by atoms with van der Waals surface area (Å²) < 4.78 is 20.5. The van der Waals surface area contributed by atoms with Gasteiger partial charge in [0.1, 0.15) is 16.8 Å². The minimum absolute atomic E-state index is 0.193. The number of nitrogens with one attached hydrogen (secondary N) is 2. The SMILES string of the molecule is CCCc1nnc2n1N[C@@H](c1ccc(F)cc1)[C@H](C(=O)Nc1cccc(OC)c1)S2. The molecular weight excluding hydrogens is 405 g/mol. The van der Waals surface area contributed by atoms with Crippen molar-refractivity contribution in [2.24, 2.45) is 0 Å². The zero-order valence-corrected chi connectivity index (χ0v) is 17.4. The number of hydrogen-bond acceptors (Lipinski definition) is 6. The lowest BCUT2D eigenvalue weighted by Gasteiger charge is -2.33. The van der Waals surface area contributed by atoms with Gasteiger partial charge in [-0.3, -0.25) is 4.79 Å². The summed E-state index contributed by atoms with van der Waals surface area (Å²) in [5.74, 6) is 0.942. The van der Waals surface area contributed by atoms with Crippen molar-refractivity contribution in [3.8, 4) is 5.75 Å². The minimum Gasteiger partial charge on any atom is -0.497 e. The summed E-state index contributed by atoms with van der Waals surface area (Å²) in [5, 5.41) is 11.5. The van der Waals surface area contributed by atoms with Crippen LogP contribution in [0, 0.1) is 5.82 Å². The van der Waals surface area contributed by atoms with Crippen LogP contribution in [0.15, 0.2) is 53.7 Å². The molecule has 0 saturated carbocycles. The Hall–Kier alpha value is -3.07. The van der Waals surface area contributed by atoms with Gasteiger partial charge < -0.3 is 15.5 Å². The van der Waals surface area contributed by atoms with Gasteiger partial charge in [0.2, 0.25) is 11.1 Å². The number of thioether (sulfide) groups is 1. The van der Waals surface area contributed by atoms with E-state index in [-0.39, 0.29) is 17.8 Å². The first kappa shape index (κ1) is 20.2. The van der Waals surface area contributed by atoms with E-state index in [0.29, 0.717) is 16.6 Å². The van der Waals surface area contributed by atoms with Gasteiger partial charge in [-0.2, -0.15) is 0 Å². The molecule has 1 aliphatic rings. The lowest BCUT2D eigenvalue weighted by Crippen LogP contribution is -2.41. The Balaban J connectivity index is 1.65. The fourth-order valence-electron chi connectivity index (χ4n) is 3.32. The Morgan fingerprint density at radius 1 is 1.27 bits per heavy atom. The molecule has 0 unspecified atom stereocenters. The number of fused-ring (bicyclic) bond motifs is 1. The van der Waals surface area contributed by atoms with E-state index in [1.54, 1.807) is 31.4 Å². The van der Waals surface area contributed by atoms with Gasteiger partial charge in [-0.25, -0.2) is 9.07 Å². The molecule has 30 heavy (non-hydrogen) atoms. The molecule has 0 saturated heterocycles. The van der Waals surface area contributed by atoms with Gasteiger partial charge in [0, 0.05) is 18.2 Å². The predicted octanol–water partition coefficient (Wildman–Crippen LogP) is 3.78. The van der Waals surface area contributed by atoms with Crippen molar-refractivity contribution in [1.82, 2.24) is 14.9 Å². The van der Waals surface area contributed by atoms with Crippen LogP contribution < -0.4 is 15.5 Å². The zero-order chi connectivity index (χ0) is 21.1. The summed E-state index contributed by atoms with van der Waals surface area (Å²) in [7, 11) is 1.58. The molecule has 2 aromatic carbocycles. The van der Waals surface area contributed by atoms with Gasteiger partial charge >= 0.3 is 0 Å². The quantitative estimate of drug-likeness (QED) is 0.623. The summed E-state index contributed by atoms with van der Waals surface area (Å²) in [4.78, 5) is 13.2. The first-order valence-corrected chi connectivity index (χ1v) is 10.5. The highest BCUT2D eigenvalue weighted by Gasteiger charge is 2.37. The number of rotatable bonds is 6. The van der Waals surface area contributed by atoms with E-state index < -0.39 is 5.25 Å². The van der Waals surface area contributed by atoms with E-state index >= 15 is 0 Å². The van der Waals surface area contributed by atoms with Crippen molar-refractivity contribution in [1.29, 1.82) is 0 Å². The number of aryl methyl sites for hydroxylation is 1. The third kappa shape index (κ3) is 4.11. The number of nitrogens with zero attached hydrogens (tertiary/aromatic N) is 3. The van der Waals surface area contributed by atoms with Crippen LogP contribution in [0.2, 0.25) is 0 Å². The van der Waals surface area contributed by atoms with Crippen LogP contribution in [0.3, 0.4) is 0 Å². The van der Waals surface area contributed by atoms with E-state index in [1.807, 2.05) is 16.8 Å². The molecule has 2 atom stereocenters. The van der Waals surface area contributed by atoms with E-state index in [4.69, 9.17) is 4.74 Å². The fourth-order valence-corrected chi connectivity index (χ4v) is 4.42. The molecule has 1 aromatic heterocycles. The smallest absolute Gasteiger partial charge is 0.240 e. The number of hydrogen-bond donors (Lipinski definition) is 2. The van der Waals surface area contributed by atoms with E-state index in [1.165, 1.54) is 23.9 Å². The molecular formula is C21H22FN5O2S. The summed E-state index contributed by atoms with van der Waals surface area (Å²) in [6.45, 7) is 2.07. The molecule has 0 fully saturated rings. The normalized spacial score (nSPS) is 17.7. The molecule has 156 valence electrons. The second kappa shape index (κ2) is 8.74. The maximum Gasteiger partial charge on any atom is 0.240 e. The van der Waals surface area contributed by atoms with E-state index in [2.05, 4.69) is 27.9 Å². The molecule has 2 heterocycles. The first-order chi connectivity index (χ1) is 14.6. The van der Waals surface area contributed by atoms with Crippen molar-refractivity contribution in [3.63, 3.8) is 0 Å². The van der Waals surface area contributed by atoms with Crippen LogP contribution in [0.5, 0.6) is 5.75 Å². The fraction of sp³-hybridized carbons (Fsp3) is 0.286. The number of halogens is 1. The molecule has 4 rings (SSSR count). The van der Waals surface area contributed by atoms with Crippen LogP contribution >= 0.6 is 11.8 Å². The Labute approximate surface area is 178 Å². The van der Waals surface area contributed by atoms with Crippen LogP contribution in [-0.4, -0.2) is 33.1 Å². The van der Waals surface area contributed by atoms with Crippen LogP contribution in [0.1, 0.15) is 30.8 Å². The third-order valence-corrected chi connectivity index (χ3v) is 6.02. The molecule has 0 bridgehead atoms. The van der Waals surface area contributed by atoms with Crippen molar-refractivity contribution >= 4 is 23.4 Å². The number of amides is 1. The Bertz CT molecular complexity index is 1040.